The second kappa shape index (κ2) is 50.2. The molecule has 7 N–H and O–H groups in total. The number of oxazole rings is 1. The molecule has 694 valence electrons. The number of hydrogen-bond donors (Lipinski definition) is 5. The molecule has 15 atom stereocenters. The molecule has 126 heavy (non-hydrogen) atoms. The molecule has 7 heterocycles. The van der Waals surface area contributed by atoms with E-state index in [-0.39, 0.29) is 87.5 Å². The second-order valence-electron chi connectivity index (χ2n) is 33.6. The average Bonchev–Trinajstić information content (AvgIpc) is 1.59. The van der Waals surface area contributed by atoms with Gasteiger partial charge in [-0.3, -0.25) is 24.0 Å². The van der Waals surface area contributed by atoms with E-state index in [1.165, 1.54) is 23.9 Å². The highest BCUT2D eigenvalue weighted by Crippen LogP contribution is 2.40. The van der Waals surface area contributed by atoms with Crippen molar-refractivity contribution in [3.63, 3.8) is 0 Å². The Balaban J connectivity index is 0.558. The highest BCUT2D eigenvalue weighted by Gasteiger charge is 2.53. The molecule has 10 rings (SSSR count). The molecular formula is C92H132N10O24. The van der Waals surface area contributed by atoms with Crippen molar-refractivity contribution in [1.29, 1.82) is 0 Å². The zero-order chi connectivity index (χ0) is 90.2. The molecule has 5 aromatic rings. The molecule has 3 fully saturated rings. The van der Waals surface area contributed by atoms with Crippen molar-refractivity contribution in [1.82, 2.24) is 39.8 Å². The van der Waals surface area contributed by atoms with Gasteiger partial charge in [0.25, 0.3) is 17.7 Å². The van der Waals surface area contributed by atoms with Crippen LogP contribution in [0.15, 0.2) is 94.7 Å². The fraction of sp³-hybridized carbons (Fsp3) is 0.641. The van der Waals surface area contributed by atoms with E-state index in [2.05, 4.69) is 32.4 Å². The van der Waals surface area contributed by atoms with Gasteiger partial charge in [-0.15, -0.1) is 0 Å². The van der Waals surface area contributed by atoms with Gasteiger partial charge >= 0.3 is 12.1 Å². The summed E-state index contributed by atoms with van der Waals surface area (Å²) < 4.78 is 88.2. The summed E-state index contributed by atoms with van der Waals surface area (Å²) in [6, 6.07) is 10.6. The minimum absolute atomic E-state index is 0.0195. The number of nitrogen functional groups attached to an aromatic ring is 2. The van der Waals surface area contributed by atoms with Gasteiger partial charge < -0.3 is 108 Å². The van der Waals surface area contributed by atoms with E-state index >= 15 is 0 Å². The molecule has 0 unspecified atom stereocenters. The molecule has 4 aliphatic heterocycles. The van der Waals surface area contributed by atoms with Gasteiger partial charge in [0.2, 0.25) is 11.7 Å². The number of amides is 3. The second-order valence-corrected chi connectivity index (χ2v) is 33.6. The smallest absolute Gasteiger partial charge is 0.407 e. The number of aliphatic hydroxyl groups excluding tert-OH is 1. The lowest BCUT2D eigenvalue weighted by molar-refractivity contribution is -0.265. The zero-order valence-corrected chi connectivity index (χ0v) is 74.8. The van der Waals surface area contributed by atoms with Gasteiger partial charge in [0.15, 0.2) is 17.0 Å². The van der Waals surface area contributed by atoms with Crippen LogP contribution in [0.3, 0.4) is 0 Å². The fourth-order valence-corrected chi connectivity index (χ4v) is 17.0. The highest BCUT2D eigenvalue weighted by atomic mass is 16.6. The van der Waals surface area contributed by atoms with E-state index in [1.807, 2.05) is 78.9 Å². The predicted octanol–water partition coefficient (Wildman–Crippen LogP) is 8.79. The fourth-order valence-electron chi connectivity index (χ4n) is 17.0. The molecule has 1 aliphatic carbocycles. The van der Waals surface area contributed by atoms with E-state index in [0.717, 1.165) is 22.3 Å². The summed E-state index contributed by atoms with van der Waals surface area (Å²) in [6.45, 7) is 19.5. The molecule has 0 spiro atoms. The Morgan fingerprint density at radius 2 is 1.40 bits per heavy atom. The molecule has 5 aliphatic rings. The molecule has 3 amide bonds. The minimum atomic E-state index is -2.48. The molecule has 2 bridgehead atoms. The van der Waals surface area contributed by atoms with Gasteiger partial charge in [-0.1, -0.05) is 89.3 Å². The van der Waals surface area contributed by atoms with Crippen molar-refractivity contribution in [2.24, 2.45) is 35.5 Å². The standard InChI is InChI=1S/C92H132N10O24/c1-58-16-12-11-13-17-59(2)76(112-8)52-70-24-19-64(7)92(111,126-70)85(107)88(108)101-29-15-14-18-72(101)89(109)123-77(53-73(103)60(3)47-63(6)83(106)84(114-10)82(105)62(5)46-58)61(4)48-65-21-25-75(78(50-65)113-9)125-91(110)95-28-31-115-32-33-116-34-35-117-36-37-118-38-39-119-40-41-120-42-43-121-44-45-122-56-79(104)100-30-27-67-49-66(20-22-69(67)55-100)54-102-87-80(86(93)96-57-97-87)81(99-102)68-23-26-74-71(51-68)98-90(94)124-74/h11-13,16-17,20,22-23,26,47,49,51,57-58,60-62,64-65,70,72,75-78,83-84,106,111H,14-15,18-19,21,24-25,27-46,48,50,52-56H2,1-10H3,(H2,94,98)(H,95,110)(H2,93,96,97)/b13-11?,16-12+,59-17?,63-47+/t58-,60-,61-,62-,64-,65+,70+,72+,75-,76+,77+,78-,83-,84+,92-/m1/s1. The molecule has 1 saturated carbocycles. The number of ketones is 3. The lowest BCUT2D eigenvalue weighted by Gasteiger charge is -2.42. The van der Waals surface area contributed by atoms with E-state index in [4.69, 9.17) is 87.3 Å². The first-order chi connectivity index (χ1) is 60.8. The number of anilines is 2. The van der Waals surface area contributed by atoms with Gasteiger partial charge in [0, 0.05) is 83.7 Å². The first kappa shape index (κ1) is 99.3. The third-order valence-electron chi connectivity index (χ3n) is 24.3. The zero-order valence-electron chi connectivity index (χ0n) is 74.8. The Hall–Kier alpha value is -8.85. The number of carbonyl (C=O) groups is 7. The Bertz CT molecular complexity index is 4490. The number of cyclic esters (lactones) is 1. The van der Waals surface area contributed by atoms with Crippen LogP contribution < -0.4 is 16.8 Å². The highest BCUT2D eigenvalue weighted by molar-refractivity contribution is 6.39. The van der Waals surface area contributed by atoms with Gasteiger partial charge in [0.1, 0.15) is 66.2 Å². The minimum Gasteiger partial charge on any atom is -0.460 e. The number of carbonyl (C=O) groups excluding carboxylic acids is 7. The number of allylic oxidation sites excluding steroid dienone is 6. The topological polar surface area (TPSA) is 429 Å². The number of methoxy groups -OCH3 is 3. The van der Waals surface area contributed by atoms with Crippen molar-refractivity contribution >= 4 is 75.2 Å². The van der Waals surface area contributed by atoms with E-state index in [1.54, 1.807) is 54.1 Å². The van der Waals surface area contributed by atoms with Crippen LogP contribution in [0.1, 0.15) is 142 Å². The maximum Gasteiger partial charge on any atom is 0.407 e. The molecule has 2 saturated heterocycles. The van der Waals surface area contributed by atoms with Gasteiger partial charge in [-0.05, 0) is 148 Å². The Labute approximate surface area is 737 Å². The third kappa shape index (κ3) is 28.6. The summed E-state index contributed by atoms with van der Waals surface area (Å²) in [5.74, 6) is -8.44. The Morgan fingerprint density at radius 3 is 2.07 bits per heavy atom. The third-order valence-corrected chi connectivity index (χ3v) is 24.3. The number of alkyl carbamates (subject to hydrolysis) is 1. The van der Waals surface area contributed by atoms with Gasteiger partial charge in [-0.2, -0.15) is 10.1 Å². The number of ether oxygens (including phenoxy) is 14. The van der Waals surface area contributed by atoms with Crippen LogP contribution in [0.25, 0.3) is 33.4 Å². The number of piperidine rings is 1. The lowest BCUT2D eigenvalue weighted by atomic mass is 9.78. The predicted molar refractivity (Wildman–Crippen MR) is 466 cm³/mol. The van der Waals surface area contributed by atoms with Crippen LogP contribution in [-0.2, 0) is 115 Å². The average molecular weight is 1760 g/mol. The number of rotatable bonds is 36. The van der Waals surface area contributed by atoms with Crippen LogP contribution >= 0.6 is 0 Å². The summed E-state index contributed by atoms with van der Waals surface area (Å²) in [7, 11) is 4.49. The number of nitrogens with one attached hydrogen (secondary N) is 1. The van der Waals surface area contributed by atoms with Crippen molar-refractivity contribution in [3.8, 4) is 11.3 Å². The Morgan fingerprint density at radius 1 is 0.714 bits per heavy atom. The first-order valence-electron chi connectivity index (χ1n) is 44.3. The van der Waals surface area contributed by atoms with Crippen molar-refractivity contribution < 1.29 is 115 Å². The number of Topliss-reactive ketones (excluding diaryl/α,β-unsaturated/α-hetero) is 3. The van der Waals surface area contributed by atoms with Crippen LogP contribution in [0.5, 0.6) is 0 Å². The summed E-state index contributed by atoms with van der Waals surface area (Å²) in [6.07, 6.45) is 11.4. The molecule has 3 aromatic heterocycles. The maximum absolute atomic E-state index is 14.8. The number of aliphatic hydroxyl groups is 2. The lowest BCUT2D eigenvalue weighted by Crippen LogP contribution is -2.61. The van der Waals surface area contributed by atoms with E-state index < -0.39 is 102 Å². The molecule has 2 aromatic carbocycles. The normalized spacial score (nSPS) is 26.4. The quantitative estimate of drug-likeness (QED) is 0.0108. The summed E-state index contributed by atoms with van der Waals surface area (Å²) in [5, 5.41) is 32.1. The van der Waals surface area contributed by atoms with Crippen LogP contribution in [0, 0.1) is 35.5 Å². The molecule has 0 radical (unpaired) electrons. The van der Waals surface area contributed by atoms with Gasteiger partial charge in [-0.25, -0.2) is 24.2 Å². The number of esters is 1. The number of hydrogen-bond acceptors (Lipinski definition) is 30. The van der Waals surface area contributed by atoms with Crippen LogP contribution in [0.2, 0.25) is 0 Å². The number of fused-ring (bicyclic) bond motifs is 6. The van der Waals surface area contributed by atoms with Crippen molar-refractivity contribution in [3.05, 3.63) is 107 Å². The number of nitrogens with zero attached hydrogens (tertiary/aromatic N) is 7. The summed E-state index contributed by atoms with van der Waals surface area (Å²) in [4.78, 5) is 114. The molecular weight excluding hydrogens is 1630 g/mol. The van der Waals surface area contributed by atoms with Crippen LogP contribution in [0.4, 0.5) is 16.6 Å². The SMILES string of the molecule is CO[C@H]1C[C@@H]2CC[C@@H](C)[C@@](O)(O2)C(=O)C(=O)N2CCCC[C@H]2C(=O)O[C@H]([C@H](C)C[C@@H]2CC[C@@H](OC(=O)NCCOCCOCCOCCOCCOCCOCCOCCOCC(=O)N3CCc4cc(Cn5nc(-c6ccc7oc(N)nc7c6)c6c(N)ncnc65)ccc4C3)[C@H](OC)C2)CC(=O)[C@H](C)/C=C(\C)[C@@H](O)[C@@H](OC)C(=O)[C@H](C)C[C@H](C)/C=C/C=CC=C1C. The Kier molecular flexibility index (Phi) is 39.6. The first-order valence-corrected chi connectivity index (χ1v) is 44.3. The van der Waals surface area contributed by atoms with Crippen molar-refractivity contribution in [2.45, 2.75) is 200 Å². The van der Waals surface area contributed by atoms with E-state index in [0.29, 0.717) is 209 Å². The number of benzene rings is 2. The number of nitrogens with two attached hydrogens (primary N) is 2. The molecule has 34 nitrogen and oxygen atoms in total. The van der Waals surface area contributed by atoms with E-state index in [9.17, 15) is 43.8 Å². The van der Waals surface area contributed by atoms with Gasteiger partial charge in [0.05, 0.1) is 129 Å². The maximum atomic E-state index is 14.8. The van der Waals surface area contributed by atoms with Crippen LogP contribution in [-0.4, -0.2) is 287 Å². The summed E-state index contributed by atoms with van der Waals surface area (Å²) in [5.41, 5.74) is 19.8. The number of aromatic nitrogens is 5. The monoisotopic (exact) mass is 1760 g/mol. The largest absolute Gasteiger partial charge is 0.460 e. The summed E-state index contributed by atoms with van der Waals surface area (Å²) >= 11 is 0. The molecule has 34 heteroatoms. The van der Waals surface area contributed by atoms with Crippen molar-refractivity contribution in [2.75, 3.05) is 158 Å².